The van der Waals surface area contributed by atoms with Crippen LogP contribution in [0.4, 0.5) is 0 Å². The highest BCUT2D eigenvalue weighted by molar-refractivity contribution is 7.89. The Kier molecular flexibility index (Phi) is 4.03. The van der Waals surface area contributed by atoms with E-state index in [4.69, 9.17) is 11.6 Å². The number of hydrogen-bond acceptors (Lipinski definition) is 3. The van der Waals surface area contributed by atoms with Gasteiger partial charge in [0, 0.05) is 24.2 Å². The van der Waals surface area contributed by atoms with Crippen molar-refractivity contribution in [3.05, 3.63) is 28.3 Å². The van der Waals surface area contributed by atoms with Gasteiger partial charge in [-0.2, -0.15) is 4.31 Å². The molecule has 2 aliphatic rings. The first-order valence-corrected chi connectivity index (χ1v) is 9.20. The van der Waals surface area contributed by atoms with E-state index in [-0.39, 0.29) is 6.04 Å². The van der Waals surface area contributed by atoms with E-state index in [2.05, 4.69) is 5.32 Å². The van der Waals surface area contributed by atoms with Crippen LogP contribution in [0.15, 0.2) is 17.0 Å². The second kappa shape index (κ2) is 5.54. The number of hydrogen-bond donors (Lipinski definition) is 1. The molecule has 1 aliphatic heterocycles. The Morgan fingerprint density at radius 1 is 1.38 bits per heavy atom. The van der Waals surface area contributed by atoms with E-state index in [1.165, 1.54) is 0 Å². The van der Waals surface area contributed by atoms with Gasteiger partial charge in [-0.25, -0.2) is 8.42 Å². The highest BCUT2D eigenvalue weighted by atomic mass is 35.5. The quantitative estimate of drug-likeness (QED) is 0.924. The molecule has 1 saturated carbocycles. The number of nitrogens with one attached hydrogen (secondary N) is 1. The van der Waals surface area contributed by atoms with Gasteiger partial charge in [0.05, 0.1) is 4.90 Å². The first-order valence-electron chi connectivity index (χ1n) is 7.39. The molecule has 2 atom stereocenters. The van der Waals surface area contributed by atoms with Crippen molar-refractivity contribution in [1.29, 1.82) is 0 Å². The van der Waals surface area contributed by atoms with Crippen LogP contribution in [0.1, 0.15) is 30.4 Å². The van der Waals surface area contributed by atoms with Crippen LogP contribution in [-0.2, 0) is 16.6 Å². The standard InChI is InChI=1S/C15H21ClN2O2S/c1-10-12(8-17-2)6-13(16)7-15(10)21(19,20)18-9-11-3-4-14(18)5-11/h6-7,11,14,17H,3-5,8-9H2,1-2H3. The van der Waals surface area contributed by atoms with E-state index < -0.39 is 10.0 Å². The highest BCUT2D eigenvalue weighted by Gasteiger charge is 2.44. The molecular weight excluding hydrogens is 308 g/mol. The van der Waals surface area contributed by atoms with Crippen molar-refractivity contribution >= 4 is 21.6 Å². The zero-order chi connectivity index (χ0) is 15.2. The van der Waals surface area contributed by atoms with Crippen molar-refractivity contribution in [3.63, 3.8) is 0 Å². The topological polar surface area (TPSA) is 49.4 Å². The summed E-state index contributed by atoms with van der Waals surface area (Å²) in [4.78, 5) is 0.368. The fourth-order valence-electron chi connectivity index (χ4n) is 3.65. The number of nitrogens with zero attached hydrogens (tertiary/aromatic N) is 1. The van der Waals surface area contributed by atoms with Gasteiger partial charge in [0.2, 0.25) is 10.0 Å². The Balaban J connectivity index is 2.03. The van der Waals surface area contributed by atoms with Gasteiger partial charge in [-0.3, -0.25) is 0 Å². The summed E-state index contributed by atoms with van der Waals surface area (Å²) in [5.41, 5.74) is 1.74. The Hall–Kier alpha value is -0.620. The fraction of sp³-hybridized carbons (Fsp3) is 0.600. The molecule has 21 heavy (non-hydrogen) atoms. The van der Waals surface area contributed by atoms with Gasteiger partial charge in [-0.15, -0.1) is 0 Å². The Morgan fingerprint density at radius 2 is 2.14 bits per heavy atom. The van der Waals surface area contributed by atoms with Gasteiger partial charge >= 0.3 is 0 Å². The Labute approximate surface area is 131 Å². The maximum absolute atomic E-state index is 13.0. The molecule has 2 fully saturated rings. The van der Waals surface area contributed by atoms with Crippen molar-refractivity contribution in [2.45, 2.75) is 43.7 Å². The monoisotopic (exact) mass is 328 g/mol. The third-order valence-corrected chi connectivity index (χ3v) is 7.01. The number of piperidine rings is 1. The SMILES string of the molecule is CNCc1cc(Cl)cc(S(=O)(=O)N2CC3CCC2C3)c1C. The molecule has 1 N–H and O–H groups in total. The number of halogens is 1. The lowest BCUT2D eigenvalue weighted by molar-refractivity contribution is 0.333. The van der Waals surface area contributed by atoms with Crippen molar-refractivity contribution in [2.75, 3.05) is 13.6 Å². The maximum Gasteiger partial charge on any atom is 0.243 e. The van der Waals surface area contributed by atoms with Crippen LogP contribution in [0.25, 0.3) is 0 Å². The van der Waals surface area contributed by atoms with Gasteiger partial charge in [0.15, 0.2) is 0 Å². The molecule has 1 aromatic rings. The van der Waals surface area contributed by atoms with E-state index in [1.54, 1.807) is 10.4 Å². The minimum absolute atomic E-state index is 0.186. The van der Waals surface area contributed by atoms with Gasteiger partial charge in [0.25, 0.3) is 0 Å². The van der Waals surface area contributed by atoms with Crippen molar-refractivity contribution in [1.82, 2.24) is 9.62 Å². The highest BCUT2D eigenvalue weighted by Crippen LogP contribution is 2.41. The second-order valence-corrected chi connectivity index (χ2v) is 8.42. The molecule has 1 aromatic carbocycles. The van der Waals surface area contributed by atoms with Gasteiger partial charge in [0.1, 0.15) is 0 Å². The summed E-state index contributed by atoms with van der Waals surface area (Å²) in [6, 6.07) is 3.62. The molecule has 0 aromatic heterocycles. The van der Waals surface area contributed by atoms with Crippen molar-refractivity contribution in [2.24, 2.45) is 5.92 Å². The minimum atomic E-state index is -3.44. The Bertz CT molecular complexity index is 660. The molecular formula is C15H21ClN2O2S. The zero-order valence-corrected chi connectivity index (χ0v) is 14.0. The molecule has 1 saturated heterocycles. The third kappa shape index (κ3) is 2.61. The summed E-state index contributed by atoms with van der Waals surface area (Å²) >= 11 is 6.14. The van der Waals surface area contributed by atoms with Gasteiger partial charge < -0.3 is 5.32 Å². The third-order valence-electron chi connectivity index (χ3n) is 4.75. The van der Waals surface area contributed by atoms with Crippen LogP contribution in [0.5, 0.6) is 0 Å². The maximum atomic E-state index is 13.0. The van der Waals surface area contributed by atoms with E-state index in [1.807, 2.05) is 20.0 Å². The first-order chi connectivity index (χ1) is 9.93. The summed E-state index contributed by atoms with van der Waals surface area (Å²) in [5.74, 6) is 0.543. The number of sulfonamides is 1. The van der Waals surface area contributed by atoms with E-state index >= 15 is 0 Å². The van der Waals surface area contributed by atoms with E-state index in [0.717, 1.165) is 30.4 Å². The number of benzene rings is 1. The smallest absolute Gasteiger partial charge is 0.243 e. The molecule has 0 amide bonds. The summed E-state index contributed by atoms with van der Waals surface area (Å²) in [6.45, 7) is 3.14. The lowest BCUT2D eigenvalue weighted by Crippen LogP contribution is -2.38. The fourth-order valence-corrected chi connectivity index (χ4v) is 5.99. The van der Waals surface area contributed by atoms with Crippen molar-refractivity contribution in [3.8, 4) is 0 Å². The van der Waals surface area contributed by atoms with Crippen LogP contribution in [0.2, 0.25) is 5.02 Å². The second-order valence-electron chi connectivity index (χ2n) is 6.13. The summed E-state index contributed by atoms with van der Waals surface area (Å²) in [6.07, 6.45) is 3.17. The lowest BCUT2D eigenvalue weighted by atomic mass is 10.1. The minimum Gasteiger partial charge on any atom is -0.316 e. The number of rotatable bonds is 4. The molecule has 116 valence electrons. The Morgan fingerprint density at radius 3 is 2.71 bits per heavy atom. The van der Waals surface area contributed by atoms with Crippen LogP contribution in [-0.4, -0.2) is 32.4 Å². The van der Waals surface area contributed by atoms with Gasteiger partial charge in [-0.1, -0.05) is 11.6 Å². The molecule has 1 aliphatic carbocycles. The first kappa shape index (κ1) is 15.3. The molecule has 6 heteroatoms. The molecule has 0 spiro atoms. The van der Waals surface area contributed by atoms with E-state index in [0.29, 0.717) is 28.9 Å². The molecule has 1 heterocycles. The van der Waals surface area contributed by atoms with Crippen molar-refractivity contribution < 1.29 is 8.42 Å². The van der Waals surface area contributed by atoms with E-state index in [9.17, 15) is 8.42 Å². The van der Waals surface area contributed by atoms with Crippen LogP contribution in [0, 0.1) is 12.8 Å². The average Bonchev–Trinajstić information content (AvgIpc) is 3.05. The molecule has 3 rings (SSSR count). The summed E-state index contributed by atoms with van der Waals surface area (Å²) < 4.78 is 27.7. The van der Waals surface area contributed by atoms with Gasteiger partial charge in [-0.05, 0) is 62.4 Å². The molecule has 0 radical (unpaired) electrons. The van der Waals surface area contributed by atoms with Crippen LogP contribution in [0.3, 0.4) is 0 Å². The molecule has 2 unspecified atom stereocenters. The predicted octanol–water partition coefficient (Wildman–Crippen LogP) is 2.54. The molecule has 4 nitrogen and oxygen atoms in total. The predicted molar refractivity (Wildman–Crippen MR) is 84.0 cm³/mol. The van der Waals surface area contributed by atoms with Crippen LogP contribution >= 0.6 is 11.6 Å². The summed E-state index contributed by atoms with van der Waals surface area (Å²) in [5, 5.41) is 3.54. The molecule has 2 bridgehead atoms. The largest absolute Gasteiger partial charge is 0.316 e. The number of fused-ring (bicyclic) bond motifs is 2. The average molecular weight is 329 g/mol. The zero-order valence-electron chi connectivity index (χ0n) is 12.4. The lowest BCUT2D eigenvalue weighted by Gasteiger charge is -2.27. The van der Waals surface area contributed by atoms with Crippen LogP contribution < -0.4 is 5.32 Å². The normalized spacial score (nSPS) is 25.7. The summed E-state index contributed by atoms with van der Waals surface area (Å²) in [7, 11) is -1.60.